The van der Waals surface area contributed by atoms with Gasteiger partial charge in [-0.1, -0.05) is 25.2 Å². The second-order valence-corrected chi connectivity index (χ2v) is 2.54. The van der Waals surface area contributed by atoms with Gasteiger partial charge in [-0.05, 0) is 12.3 Å². The smallest absolute Gasteiger partial charge is 0.335 e. The molecule has 0 aromatic carbocycles. The highest BCUT2D eigenvalue weighted by atomic mass is 16.4. The summed E-state index contributed by atoms with van der Waals surface area (Å²) in [7, 11) is 0. The molecular formula is C8H10O2. The van der Waals surface area contributed by atoms with E-state index in [4.69, 9.17) is 5.11 Å². The molecule has 0 amide bonds. The van der Waals surface area contributed by atoms with Gasteiger partial charge in [0.2, 0.25) is 0 Å². The van der Waals surface area contributed by atoms with Crippen molar-refractivity contribution >= 4 is 5.97 Å². The van der Waals surface area contributed by atoms with Crippen LogP contribution in [0.4, 0.5) is 0 Å². The first-order chi connectivity index (χ1) is 4.70. The molecule has 0 heterocycles. The molecule has 0 aromatic rings. The number of hydrogen-bond acceptors (Lipinski definition) is 1. The SMILES string of the molecule is CC1C=CC(C(=O)O)=CC1. The Morgan fingerprint density at radius 2 is 2.50 bits per heavy atom. The van der Waals surface area contributed by atoms with Gasteiger partial charge in [-0.2, -0.15) is 0 Å². The van der Waals surface area contributed by atoms with Crippen LogP contribution in [0, 0.1) is 5.92 Å². The lowest BCUT2D eigenvalue weighted by molar-refractivity contribution is -0.132. The number of hydrogen-bond donors (Lipinski definition) is 1. The molecule has 2 heteroatoms. The summed E-state index contributed by atoms with van der Waals surface area (Å²) in [6.45, 7) is 2.06. The van der Waals surface area contributed by atoms with Crippen molar-refractivity contribution in [2.75, 3.05) is 0 Å². The highest BCUT2D eigenvalue weighted by Crippen LogP contribution is 2.14. The van der Waals surface area contributed by atoms with E-state index >= 15 is 0 Å². The van der Waals surface area contributed by atoms with Gasteiger partial charge in [0.25, 0.3) is 0 Å². The number of carboxylic acids is 1. The normalized spacial score (nSPS) is 24.1. The minimum absolute atomic E-state index is 0.415. The zero-order valence-corrected chi connectivity index (χ0v) is 5.87. The van der Waals surface area contributed by atoms with E-state index in [1.807, 2.05) is 6.08 Å². The third-order valence-electron chi connectivity index (χ3n) is 1.56. The Hall–Kier alpha value is -1.05. The zero-order valence-electron chi connectivity index (χ0n) is 5.87. The standard InChI is InChI=1S/C8H10O2/c1-6-2-4-7(5-3-6)8(9)10/h2,4-6H,3H2,1H3,(H,9,10). The van der Waals surface area contributed by atoms with E-state index in [1.54, 1.807) is 12.2 Å². The van der Waals surface area contributed by atoms with Gasteiger partial charge in [-0.3, -0.25) is 0 Å². The highest BCUT2D eigenvalue weighted by molar-refractivity contribution is 5.90. The van der Waals surface area contributed by atoms with Crippen LogP contribution in [0.25, 0.3) is 0 Å². The van der Waals surface area contributed by atoms with Crippen LogP contribution in [0.5, 0.6) is 0 Å². The fourth-order valence-corrected chi connectivity index (χ4v) is 0.886. The molecule has 0 saturated heterocycles. The van der Waals surface area contributed by atoms with Crippen molar-refractivity contribution in [2.45, 2.75) is 13.3 Å². The molecule has 0 radical (unpaired) electrons. The maximum Gasteiger partial charge on any atom is 0.335 e. The topological polar surface area (TPSA) is 37.3 Å². The Bertz CT molecular complexity index is 201. The van der Waals surface area contributed by atoms with E-state index in [9.17, 15) is 4.79 Å². The molecule has 0 bridgehead atoms. The van der Waals surface area contributed by atoms with Crippen molar-refractivity contribution in [3.05, 3.63) is 23.8 Å². The predicted octanol–water partition coefficient (Wildman–Crippen LogP) is 1.59. The molecule has 2 nitrogen and oxygen atoms in total. The van der Waals surface area contributed by atoms with Crippen LogP contribution in [-0.4, -0.2) is 11.1 Å². The minimum atomic E-state index is -0.830. The molecule has 1 N–H and O–H groups in total. The molecule has 0 fully saturated rings. The van der Waals surface area contributed by atoms with Crippen molar-refractivity contribution in [1.29, 1.82) is 0 Å². The number of aliphatic carboxylic acids is 1. The first-order valence-electron chi connectivity index (χ1n) is 3.32. The molecule has 1 aliphatic rings. The number of rotatable bonds is 1. The summed E-state index contributed by atoms with van der Waals surface area (Å²) in [4.78, 5) is 10.3. The van der Waals surface area contributed by atoms with E-state index in [1.165, 1.54) is 0 Å². The van der Waals surface area contributed by atoms with Crippen LogP contribution in [-0.2, 0) is 4.79 Å². The van der Waals surface area contributed by atoms with Gasteiger partial charge in [-0.25, -0.2) is 4.79 Å². The van der Waals surface area contributed by atoms with Crippen molar-refractivity contribution in [1.82, 2.24) is 0 Å². The van der Waals surface area contributed by atoms with Gasteiger partial charge < -0.3 is 5.11 Å². The van der Waals surface area contributed by atoms with Gasteiger partial charge in [0, 0.05) is 0 Å². The van der Waals surface area contributed by atoms with E-state index in [0.717, 1.165) is 6.42 Å². The molecule has 0 aliphatic heterocycles. The van der Waals surface area contributed by atoms with Gasteiger partial charge in [0.1, 0.15) is 0 Å². The lowest BCUT2D eigenvalue weighted by atomic mass is 9.99. The lowest BCUT2D eigenvalue weighted by Crippen LogP contribution is -2.02. The molecule has 1 atom stereocenters. The predicted molar refractivity (Wildman–Crippen MR) is 38.6 cm³/mol. The van der Waals surface area contributed by atoms with Gasteiger partial charge in [0.05, 0.1) is 5.57 Å². The van der Waals surface area contributed by atoms with E-state index < -0.39 is 5.97 Å². The van der Waals surface area contributed by atoms with Crippen molar-refractivity contribution in [2.24, 2.45) is 5.92 Å². The average molecular weight is 138 g/mol. The Labute approximate surface area is 59.9 Å². The van der Waals surface area contributed by atoms with E-state index in [0.29, 0.717) is 11.5 Å². The molecule has 1 unspecified atom stereocenters. The second-order valence-electron chi connectivity index (χ2n) is 2.54. The molecule has 0 saturated carbocycles. The van der Waals surface area contributed by atoms with Gasteiger partial charge >= 0.3 is 5.97 Å². The number of carbonyl (C=O) groups is 1. The first-order valence-corrected chi connectivity index (χ1v) is 3.32. The van der Waals surface area contributed by atoms with E-state index in [-0.39, 0.29) is 0 Å². The number of allylic oxidation sites excluding steroid dienone is 2. The molecule has 1 aliphatic carbocycles. The quantitative estimate of drug-likeness (QED) is 0.597. The molecule has 0 aromatic heterocycles. The maximum absolute atomic E-state index is 10.3. The van der Waals surface area contributed by atoms with Crippen molar-refractivity contribution in [3.8, 4) is 0 Å². The maximum atomic E-state index is 10.3. The fourth-order valence-electron chi connectivity index (χ4n) is 0.886. The van der Waals surface area contributed by atoms with Crippen LogP contribution in [0.15, 0.2) is 23.8 Å². The Balaban J connectivity index is 2.67. The molecular weight excluding hydrogens is 128 g/mol. The van der Waals surface area contributed by atoms with Crippen molar-refractivity contribution in [3.63, 3.8) is 0 Å². The minimum Gasteiger partial charge on any atom is -0.478 e. The van der Waals surface area contributed by atoms with Crippen LogP contribution in [0.3, 0.4) is 0 Å². The summed E-state index contributed by atoms with van der Waals surface area (Å²) in [5.74, 6) is -0.341. The zero-order chi connectivity index (χ0) is 7.56. The Morgan fingerprint density at radius 1 is 1.80 bits per heavy atom. The second kappa shape index (κ2) is 2.69. The van der Waals surface area contributed by atoms with Crippen LogP contribution in [0.1, 0.15) is 13.3 Å². The van der Waals surface area contributed by atoms with Gasteiger partial charge in [-0.15, -0.1) is 0 Å². The summed E-state index contributed by atoms with van der Waals surface area (Å²) in [6, 6.07) is 0. The summed E-state index contributed by atoms with van der Waals surface area (Å²) < 4.78 is 0. The summed E-state index contributed by atoms with van der Waals surface area (Å²) in [6.07, 6.45) is 6.19. The Kier molecular flexibility index (Phi) is 1.90. The van der Waals surface area contributed by atoms with Crippen LogP contribution in [0.2, 0.25) is 0 Å². The molecule has 1 rings (SSSR count). The van der Waals surface area contributed by atoms with Crippen LogP contribution < -0.4 is 0 Å². The Morgan fingerprint density at radius 3 is 2.90 bits per heavy atom. The first kappa shape index (κ1) is 7.06. The molecule has 54 valence electrons. The van der Waals surface area contributed by atoms with E-state index in [2.05, 4.69) is 6.92 Å². The highest BCUT2D eigenvalue weighted by Gasteiger charge is 2.07. The third kappa shape index (κ3) is 1.47. The van der Waals surface area contributed by atoms with Gasteiger partial charge in [0.15, 0.2) is 0 Å². The molecule has 10 heavy (non-hydrogen) atoms. The average Bonchev–Trinajstić information content (AvgIpc) is 1.88. The lowest BCUT2D eigenvalue weighted by Gasteiger charge is -2.07. The monoisotopic (exact) mass is 138 g/mol. The largest absolute Gasteiger partial charge is 0.478 e. The number of carboxylic acid groups (broad SMARTS) is 1. The third-order valence-corrected chi connectivity index (χ3v) is 1.56. The summed E-state index contributed by atoms with van der Waals surface area (Å²) >= 11 is 0. The molecule has 0 spiro atoms. The van der Waals surface area contributed by atoms with Crippen LogP contribution >= 0.6 is 0 Å². The fraction of sp³-hybridized carbons (Fsp3) is 0.375. The summed E-state index contributed by atoms with van der Waals surface area (Å²) in [5.41, 5.74) is 0.415. The van der Waals surface area contributed by atoms with Crippen molar-refractivity contribution < 1.29 is 9.90 Å². The summed E-state index contributed by atoms with van der Waals surface area (Å²) in [5, 5.41) is 8.50.